The van der Waals surface area contributed by atoms with Gasteiger partial charge in [0, 0.05) is 9.17 Å². The van der Waals surface area contributed by atoms with Gasteiger partial charge in [0.2, 0.25) is 0 Å². The molecule has 0 aliphatic rings. The number of fused-ring (bicyclic) bond motifs is 1. The Kier molecular flexibility index (Phi) is 2.68. The van der Waals surface area contributed by atoms with E-state index in [0.29, 0.717) is 0 Å². The molecule has 15 heavy (non-hydrogen) atoms. The molecule has 0 nitrogen and oxygen atoms in total. The van der Waals surface area contributed by atoms with Gasteiger partial charge in [-0.25, -0.2) is 0 Å². The highest BCUT2D eigenvalue weighted by Crippen LogP contribution is 2.37. The summed E-state index contributed by atoms with van der Waals surface area (Å²) < 4.78 is 2.62. The van der Waals surface area contributed by atoms with Crippen LogP contribution in [0, 0.1) is 6.92 Å². The summed E-state index contributed by atoms with van der Waals surface area (Å²) in [6.07, 6.45) is 0. The van der Waals surface area contributed by atoms with Crippen molar-refractivity contribution < 1.29 is 0 Å². The Balaban J connectivity index is 2.84. The molecule has 80 valence electrons. The van der Waals surface area contributed by atoms with E-state index in [9.17, 15) is 0 Å². The van der Waals surface area contributed by atoms with Crippen LogP contribution in [0.1, 0.15) is 31.9 Å². The lowest BCUT2D eigenvalue weighted by Crippen LogP contribution is -2.11. The molecule has 1 heterocycles. The van der Waals surface area contributed by atoms with Crippen LogP contribution >= 0.6 is 27.3 Å². The Morgan fingerprint density at radius 1 is 1.20 bits per heavy atom. The number of hydrogen-bond acceptors (Lipinski definition) is 1. The number of hydrogen-bond donors (Lipinski definition) is 0. The second-order valence-electron chi connectivity index (χ2n) is 5.00. The van der Waals surface area contributed by atoms with Crippen molar-refractivity contribution in [3.05, 3.63) is 33.1 Å². The first-order valence-electron chi connectivity index (χ1n) is 5.07. The van der Waals surface area contributed by atoms with Crippen molar-refractivity contribution in [2.24, 2.45) is 0 Å². The largest absolute Gasteiger partial charge is 0.143 e. The van der Waals surface area contributed by atoms with Gasteiger partial charge in [0.05, 0.1) is 0 Å². The van der Waals surface area contributed by atoms with Gasteiger partial charge in [0.1, 0.15) is 0 Å². The van der Waals surface area contributed by atoms with Gasteiger partial charge in [-0.05, 0) is 46.4 Å². The normalized spacial score (nSPS) is 12.3. The summed E-state index contributed by atoms with van der Waals surface area (Å²) in [5, 5.41) is 3.63. The van der Waals surface area contributed by atoms with Crippen LogP contribution in [0.25, 0.3) is 10.1 Å². The van der Waals surface area contributed by atoms with E-state index >= 15 is 0 Å². The van der Waals surface area contributed by atoms with Crippen molar-refractivity contribution in [1.82, 2.24) is 0 Å². The standard InChI is InChI=1S/C13H15BrS/c1-8-7-15-12-10(8)5-9(14)6-11(12)13(2,3)4/h5-7H,1-4H3. The minimum atomic E-state index is 0.208. The van der Waals surface area contributed by atoms with Crippen LogP contribution in [-0.4, -0.2) is 0 Å². The van der Waals surface area contributed by atoms with Gasteiger partial charge >= 0.3 is 0 Å². The fraction of sp³-hybridized carbons (Fsp3) is 0.385. The number of benzene rings is 1. The molecular formula is C13H15BrS. The topological polar surface area (TPSA) is 0 Å². The van der Waals surface area contributed by atoms with E-state index in [0.717, 1.165) is 0 Å². The molecular weight excluding hydrogens is 268 g/mol. The average Bonchev–Trinajstić information content (AvgIpc) is 2.45. The van der Waals surface area contributed by atoms with Gasteiger partial charge in [-0.15, -0.1) is 11.3 Å². The van der Waals surface area contributed by atoms with Crippen molar-refractivity contribution in [2.45, 2.75) is 33.1 Å². The first-order valence-corrected chi connectivity index (χ1v) is 6.74. The maximum Gasteiger partial charge on any atom is 0.0383 e. The van der Waals surface area contributed by atoms with Gasteiger partial charge in [-0.2, -0.15) is 0 Å². The highest BCUT2D eigenvalue weighted by atomic mass is 79.9. The molecule has 0 saturated heterocycles. The summed E-state index contributed by atoms with van der Waals surface area (Å²) in [5.41, 5.74) is 3.02. The molecule has 0 N–H and O–H groups in total. The zero-order valence-electron chi connectivity index (χ0n) is 9.52. The summed E-state index contributed by atoms with van der Waals surface area (Å²) >= 11 is 5.45. The Labute approximate surface area is 103 Å². The predicted molar refractivity (Wildman–Crippen MR) is 73.0 cm³/mol. The van der Waals surface area contributed by atoms with Crippen molar-refractivity contribution in [2.75, 3.05) is 0 Å². The highest BCUT2D eigenvalue weighted by Gasteiger charge is 2.19. The van der Waals surface area contributed by atoms with Gasteiger partial charge in [-0.1, -0.05) is 36.7 Å². The van der Waals surface area contributed by atoms with Crippen molar-refractivity contribution in [3.8, 4) is 0 Å². The van der Waals surface area contributed by atoms with Crippen LogP contribution in [0.15, 0.2) is 22.0 Å². The molecule has 2 heteroatoms. The first-order chi connectivity index (χ1) is 6.89. The minimum Gasteiger partial charge on any atom is -0.143 e. The lowest BCUT2D eigenvalue weighted by atomic mass is 9.86. The third-order valence-electron chi connectivity index (χ3n) is 2.64. The quantitative estimate of drug-likeness (QED) is 0.618. The predicted octanol–water partition coefficient (Wildman–Crippen LogP) is 5.27. The summed E-state index contributed by atoms with van der Waals surface area (Å²) in [6, 6.07) is 4.47. The van der Waals surface area contributed by atoms with E-state index in [1.807, 2.05) is 11.3 Å². The lowest BCUT2D eigenvalue weighted by Gasteiger charge is -2.20. The Morgan fingerprint density at radius 3 is 2.47 bits per heavy atom. The molecule has 0 amide bonds. The zero-order chi connectivity index (χ0) is 11.2. The Morgan fingerprint density at radius 2 is 1.87 bits per heavy atom. The molecule has 1 aromatic carbocycles. The van der Waals surface area contributed by atoms with Crippen LogP contribution in [0.5, 0.6) is 0 Å². The van der Waals surface area contributed by atoms with E-state index < -0.39 is 0 Å². The number of thiophene rings is 1. The molecule has 0 aliphatic heterocycles. The molecule has 0 spiro atoms. The third kappa shape index (κ3) is 1.98. The minimum absolute atomic E-state index is 0.208. The summed E-state index contributed by atoms with van der Waals surface area (Å²) in [6.45, 7) is 8.98. The SMILES string of the molecule is Cc1csc2c(C(C)(C)C)cc(Br)cc12. The molecule has 0 radical (unpaired) electrons. The molecule has 2 rings (SSSR count). The van der Waals surface area contributed by atoms with E-state index in [-0.39, 0.29) is 5.41 Å². The van der Waals surface area contributed by atoms with E-state index in [1.54, 1.807) is 0 Å². The maximum atomic E-state index is 3.60. The van der Waals surface area contributed by atoms with Crippen LogP contribution in [-0.2, 0) is 5.41 Å². The molecule has 0 fully saturated rings. The Bertz CT molecular complexity index is 503. The second-order valence-corrected chi connectivity index (χ2v) is 6.79. The van der Waals surface area contributed by atoms with Crippen molar-refractivity contribution in [3.63, 3.8) is 0 Å². The molecule has 0 atom stereocenters. The fourth-order valence-corrected chi connectivity index (χ4v) is 3.50. The Hall–Kier alpha value is -0.340. The summed E-state index contributed by atoms with van der Waals surface area (Å²) in [5.74, 6) is 0. The van der Waals surface area contributed by atoms with Gasteiger partial charge < -0.3 is 0 Å². The zero-order valence-corrected chi connectivity index (χ0v) is 11.9. The van der Waals surface area contributed by atoms with Crippen LogP contribution < -0.4 is 0 Å². The van der Waals surface area contributed by atoms with E-state index in [2.05, 4.69) is 61.1 Å². The number of rotatable bonds is 0. The second kappa shape index (κ2) is 3.60. The molecule has 1 aromatic heterocycles. The molecule has 2 aromatic rings. The monoisotopic (exact) mass is 282 g/mol. The lowest BCUT2D eigenvalue weighted by molar-refractivity contribution is 0.596. The smallest absolute Gasteiger partial charge is 0.0383 e. The average molecular weight is 283 g/mol. The van der Waals surface area contributed by atoms with E-state index in [4.69, 9.17) is 0 Å². The number of halogens is 1. The summed E-state index contributed by atoms with van der Waals surface area (Å²) in [4.78, 5) is 0. The first kappa shape index (κ1) is 11.2. The van der Waals surface area contributed by atoms with Crippen LogP contribution in [0.4, 0.5) is 0 Å². The third-order valence-corrected chi connectivity index (χ3v) is 4.24. The van der Waals surface area contributed by atoms with Crippen molar-refractivity contribution >= 4 is 37.4 Å². The summed E-state index contributed by atoms with van der Waals surface area (Å²) in [7, 11) is 0. The number of aryl methyl sites for hydroxylation is 1. The van der Waals surface area contributed by atoms with Gasteiger partial charge in [0.15, 0.2) is 0 Å². The fourth-order valence-electron chi connectivity index (χ4n) is 1.78. The van der Waals surface area contributed by atoms with Gasteiger partial charge in [-0.3, -0.25) is 0 Å². The van der Waals surface area contributed by atoms with Gasteiger partial charge in [0.25, 0.3) is 0 Å². The maximum absolute atomic E-state index is 3.60. The van der Waals surface area contributed by atoms with E-state index in [1.165, 1.54) is 25.7 Å². The molecule has 0 aliphatic carbocycles. The van der Waals surface area contributed by atoms with Crippen LogP contribution in [0.3, 0.4) is 0 Å². The highest BCUT2D eigenvalue weighted by molar-refractivity contribution is 9.10. The molecule has 0 bridgehead atoms. The molecule has 0 saturated carbocycles. The van der Waals surface area contributed by atoms with Crippen LogP contribution in [0.2, 0.25) is 0 Å². The molecule has 0 unspecified atom stereocenters. The van der Waals surface area contributed by atoms with Crippen molar-refractivity contribution in [1.29, 1.82) is 0 Å².